The maximum atomic E-state index is 12.0. The Morgan fingerprint density at radius 2 is 2.28 bits per heavy atom. The van der Waals surface area contributed by atoms with Crippen LogP contribution < -0.4 is 5.32 Å². The number of hydrogen-bond acceptors (Lipinski definition) is 2. The van der Waals surface area contributed by atoms with Gasteiger partial charge in [0.05, 0.1) is 12.2 Å². The van der Waals surface area contributed by atoms with Gasteiger partial charge in [-0.15, -0.1) is 0 Å². The third kappa shape index (κ3) is 2.92. The van der Waals surface area contributed by atoms with Crippen LogP contribution in [0, 0.1) is 11.8 Å². The van der Waals surface area contributed by atoms with Crippen molar-refractivity contribution in [2.24, 2.45) is 11.8 Å². The highest BCUT2D eigenvalue weighted by Gasteiger charge is 2.30. The van der Waals surface area contributed by atoms with Gasteiger partial charge in [-0.2, -0.15) is 5.10 Å². The molecule has 1 saturated carbocycles. The van der Waals surface area contributed by atoms with Crippen molar-refractivity contribution in [1.82, 2.24) is 9.78 Å². The summed E-state index contributed by atoms with van der Waals surface area (Å²) in [5.74, 6) is 1.73. The lowest BCUT2D eigenvalue weighted by Crippen LogP contribution is -2.23. The molecule has 4 nitrogen and oxygen atoms in total. The molecule has 1 aliphatic carbocycles. The van der Waals surface area contributed by atoms with Gasteiger partial charge in [0.15, 0.2) is 0 Å². The van der Waals surface area contributed by atoms with E-state index in [0.717, 1.165) is 24.6 Å². The van der Waals surface area contributed by atoms with E-state index in [2.05, 4.69) is 24.3 Å². The summed E-state index contributed by atoms with van der Waals surface area (Å²) in [6.07, 6.45) is 6.28. The standard InChI is InChI=1S/C14H23N3O/c1-4-5-10(2)14(18)16-13-8-9-15-17(13)11(3)12-6-7-12/h8-12H,4-7H2,1-3H3,(H,16,18). The summed E-state index contributed by atoms with van der Waals surface area (Å²) in [7, 11) is 0. The van der Waals surface area contributed by atoms with Crippen LogP contribution in [-0.4, -0.2) is 15.7 Å². The van der Waals surface area contributed by atoms with Crippen LogP contribution in [0.15, 0.2) is 12.3 Å². The highest BCUT2D eigenvalue weighted by molar-refractivity contribution is 5.91. The highest BCUT2D eigenvalue weighted by atomic mass is 16.2. The molecule has 0 radical (unpaired) electrons. The molecule has 2 rings (SSSR count). The van der Waals surface area contributed by atoms with Gasteiger partial charge in [-0.05, 0) is 32.1 Å². The first-order valence-electron chi connectivity index (χ1n) is 6.97. The third-order valence-electron chi connectivity index (χ3n) is 3.78. The number of amides is 1. The smallest absolute Gasteiger partial charge is 0.228 e. The molecule has 0 aromatic carbocycles. The summed E-state index contributed by atoms with van der Waals surface area (Å²) in [6.45, 7) is 6.25. The predicted octanol–water partition coefficient (Wildman–Crippen LogP) is 3.23. The van der Waals surface area contributed by atoms with Crippen molar-refractivity contribution in [3.05, 3.63) is 12.3 Å². The molecule has 1 amide bonds. The fourth-order valence-corrected chi connectivity index (χ4v) is 2.33. The normalized spacial score (nSPS) is 18.4. The second-order valence-corrected chi connectivity index (χ2v) is 5.42. The van der Waals surface area contributed by atoms with Crippen molar-refractivity contribution in [1.29, 1.82) is 0 Å². The summed E-state index contributed by atoms with van der Waals surface area (Å²) in [6, 6.07) is 2.27. The molecule has 1 N–H and O–H groups in total. The summed E-state index contributed by atoms with van der Waals surface area (Å²) in [5, 5.41) is 7.34. The Hall–Kier alpha value is -1.32. The molecule has 100 valence electrons. The van der Waals surface area contributed by atoms with Gasteiger partial charge in [-0.1, -0.05) is 20.3 Å². The van der Waals surface area contributed by atoms with E-state index in [0.29, 0.717) is 6.04 Å². The molecule has 0 spiro atoms. The van der Waals surface area contributed by atoms with Gasteiger partial charge in [0.1, 0.15) is 5.82 Å². The molecule has 0 bridgehead atoms. The zero-order chi connectivity index (χ0) is 13.1. The van der Waals surface area contributed by atoms with Crippen molar-refractivity contribution >= 4 is 11.7 Å². The van der Waals surface area contributed by atoms with Crippen molar-refractivity contribution in [2.45, 2.75) is 52.5 Å². The van der Waals surface area contributed by atoms with Crippen LogP contribution in [0.25, 0.3) is 0 Å². The molecule has 1 aromatic heterocycles. The molecule has 2 unspecified atom stereocenters. The van der Waals surface area contributed by atoms with E-state index in [4.69, 9.17) is 0 Å². The van der Waals surface area contributed by atoms with Gasteiger partial charge in [0.2, 0.25) is 5.91 Å². The Balaban J connectivity index is 2.00. The van der Waals surface area contributed by atoms with Crippen LogP contribution in [-0.2, 0) is 4.79 Å². The number of anilines is 1. The Morgan fingerprint density at radius 3 is 2.89 bits per heavy atom. The van der Waals surface area contributed by atoms with E-state index >= 15 is 0 Å². The van der Waals surface area contributed by atoms with Crippen LogP contribution in [0.1, 0.15) is 52.5 Å². The number of carbonyl (C=O) groups excluding carboxylic acids is 1. The van der Waals surface area contributed by atoms with E-state index in [1.165, 1.54) is 12.8 Å². The largest absolute Gasteiger partial charge is 0.311 e. The van der Waals surface area contributed by atoms with E-state index in [9.17, 15) is 4.79 Å². The lowest BCUT2D eigenvalue weighted by molar-refractivity contribution is -0.119. The van der Waals surface area contributed by atoms with E-state index in [1.54, 1.807) is 6.20 Å². The van der Waals surface area contributed by atoms with Crippen LogP contribution in [0.3, 0.4) is 0 Å². The molecule has 1 fully saturated rings. The lowest BCUT2D eigenvalue weighted by Gasteiger charge is -2.17. The number of carbonyl (C=O) groups is 1. The van der Waals surface area contributed by atoms with Crippen molar-refractivity contribution in [3.63, 3.8) is 0 Å². The number of nitrogens with zero attached hydrogens (tertiary/aromatic N) is 2. The van der Waals surface area contributed by atoms with Gasteiger partial charge >= 0.3 is 0 Å². The fraction of sp³-hybridized carbons (Fsp3) is 0.714. The third-order valence-corrected chi connectivity index (χ3v) is 3.78. The topological polar surface area (TPSA) is 46.9 Å². The maximum absolute atomic E-state index is 12.0. The number of aromatic nitrogens is 2. The first kappa shape index (κ1) is 13.1. The SMILES string of the molecule is CCCC(C)C(=O)Nc1ccnn1C(C)C1CC1. The average Bonchev–Trinajstić information content (AvgIpc) is 3.09. The predicted molar refractivity (Wildman–Crippen MR) is 72.4 cm³/mol. The first-order valence-corrected chi connectivity index (χ1v) is 6.97. The van der Waals surface area contributed by atoms with Gasteiger partial charge in [0.25, 0.3) is 0 Å². The first-order chi connectivity index (χ1) is 8.63. The summed E-state index contributed by atoms with van der Waals surface area (Å²) < 4.78 is 1.95. The minimum Gasteiger partial charge on any atom is -0.311 e. The average molecular weight is 249 g/mol. The maximum Gasteiger partial charge on any atom is 0.228 e. The van der Waals surface area contributed by atoms with Gasteiger partial charge in [-0.25, -0.2) is 4.68 Å². The minimum absolute atomic E-state index is 0.0644. The fourth-order valence-electron chi connectivity index (χ4n) is 2.33. The van der Waals surface area contributed by atoms with Crippen LogP contribution in [0.2, 0.25) is 0 Å². The molecule has 1 aromatic rings. The lowest BCUT2D eigenvalue weighted by atomic mass is 10.1. The quantitative estimate of drug-likeness (QED) is 0.841. The van der Waals surface area contributed by atoms with Gasteiger partial charge < -0.3 is 5.32 Å². The molecule has 18 heavy (non-hydrogen) atoms. The van der Waals surface area contributed by atoms with E-state index < -0.39 is 0 Å². The Morgan fingerprint density at radius 1 is 1.56 bits per heavy atom. The van der Waals surface area contributed by atoms with E-state index in [1.807, 2.05) is 17.7 Å². The Bertz CT molecular complexity index is 409. The van der Waals surface area contributed by atoms with Crippen LogP contribution in [0.5, 0.6) is 0 Å². The second-order valence-electron chi connectivity index (χ2n) is 5.42. The van der Waals surface area contributed by atoms with Crippen LogP contribution in [0.4, 0.5) is 5.82 Å². The molecular weight excluding hydrogens is 226 g/mol. The Labute approximate surface area is 109 Å². The molecule has 0 aliphatic heterocycles. The van der Waals surface area contributed by atoms with Gasteiger partial charge in [0, 0.05) is 12.0 Å². The van der Waals surface area contributed by atoms with E-state index in [-0.39, 0.29) is 11.8 Å². The van der Waals surface area contributed by atoms with Crippen molar-refractivity contribution in [2.75, 3.05) is 5.32 Å². The summed E-state index contributed by atoms with van der Waals surface area (Å²) >= 11 is 0. The molecule has 4 heteroatoms. The van der Waals surface area contributed by atoms with Crippen LogP contribution >= 0.6 is 0 Å². The number of hydrogen-bond donors (Lipinski definition) is 1. The summed E-state index contributed by atoms with van der Waals surface area (Å²) in [4.78, 5) is 12.0. The second kappa shape index (κ2) is 5.55. The van der Waals surface area contributed by atoms with Crippen molar-refractivity contribution in [3.8, 4) is 0 Å². The molecule has 1 heterocycles. The highest BCUT2D eigenvalue weighted by Crippen LogP contribution is 2.40. The van der Waals surface area contributed by atoms with Crippen molar-refractivity contribution < 1.29 is 4.79 Å². The zero-order valence-electron chi connectivity index (χ0n) is 11.5. The Kier molecular flexibility index (Phi) is 4.04. The number of nitrogens with one attached hydrogen (secondary N) is 1. The van der Waals surface area contributed by atoms with Gasteiger partial charge in [-0.3, -0.25) is 4.79 Å². The molecule has 1 aliphatic rings. The summed E-state index contributed by atoms with van der Waals surface area (Å²) in [5.41, 5.74) is 0. The minimum atomic E-state index is 0.0644. The molecule has 2 atom stereocenters. The molecule has 0 saturated heterocycles. The number of rotatable bonds is 6. The monoisotopic (exact) mass is 249 g/mol. The molecular formula is C14H23N3O. The zero-order valence-corrected chi connectivity index (χ0v) is 11.5.